The van der Waals surface area contributed by atoms with Gasteiger partial charge in [0.15, 0.2) is 11.6 Å². The Morgan fingerprint density at radius 3 is 2.59 bits per heavy atom. The van der Waals surface area contributed by atoms with Gasteiger partial charge in [0.2, 0.25) is 5.91 Å². The first kappa shape index (κ1) is 21.6. The standard InChI is InChI=1S/C19H20FN3O2.C6H6O/c20-15-3-1-2-4-18(15)25-12-13-5-6-16-17(9-13)23-8-7-21-11-14(23)10-19(24)22-16;7-6-4-2-1-3-5-6/h1-6,9,14,21H,7-8,10-12H2,(H,22,24);1-5,7H. The van der Waals surface area contributed by atoms with Gasteiger partial charge in [-0.05, 0) is 42.0 Å². The summed E-state index contributed by atoms with van der Waals surface area (Å²) in [5.74, 6) is 0.229. The van der Waals surface area contributed by atoms with Crippen molar-refractivity contribution in [3.63, 3.8) is 0 Å². The summed E-state index contributed by atoms with van der Waals surface area (Å²) in [6, 6.07) is 21.1. The van der Waals surface area contributed by atoms with E-state index in [0.29, 0.717) is 12.2 Å². The summed E-state index contributed by atoms with van der Waals surface area (Å²) >= 11 is 0. The molecule has 2 aliphatic rings. The lowest BCUT2D eigenvalue weighted by Gasteiger charge is -2.36. The maximum atomic E-state index is 13.7. The van der Waals surface area contributed by atoms with Crippen LogP contribution in [0, 0.1) is 5.82 Å². The molecule has 1 fully saturated rings. The Morgan fingerprint density at radius 1 is 1.06 bits per heavy atom. The molecule has 1 unspecified atom stereocenters. The number of aromatic hydroxyl groups is 1. The number of phenolic OH excluding ortho intramolecular Hbond substituents is 1. The van der Waals surface area contributed by atoms with Gasteiger partial charge in [0.25, 0.3) is 0 Å². The number of phenols is 1. The average Bonchev–Trinajstić information content (AvgIpc) is 2.94. The lowest BCUT2D eigenvalue weighted by molar-refractivity contribution is -0.116. The molecule has 0 aliphatic carbocycles. The molecule has 0 bridgehead atoms. The molecule has 3 aromatic rings. The first-order valence-corrected chi connectivity index (χ1v) is 10.6. The summed E-state index contributed by atoms with van der Waals surface area (Å²) in [4.78, 5) is 14.4. The molecule has 0 saturated carbocycles. The number of rotatable bonds is 3. The van der Waals surface area contributed by atoms with Crippen LogP contribution in [0.15, 0.2) is 72.8 Å². The van der Waals surface area contributed by atoms with Crippen molar-refractivity contribution in [1.29, 1.82) is 0 Å². The number of carbonyl (C=O) groups is 1. The number of hydrogen-bond acceptors (Lipinski definition) is 5. The lowest BCUT2D eigenvalue weighted by atomic mass is 10.1. The highest BCUT2D eigenvalue weighted by Gasteiger charge is 2.30. The second kappa shape index (κ2) is 10.2. The number of piperazine rings is 1. The lowest BCUT2D eigenvalue weighted by Crippen LogP contribution is -2.51. The summed E-state index contributed by atoms with van der Waals surface area (Å²) in [5, 5.41) is 15.0. The molecule has 1 saturated heterocycles. The van der Waals surface area contributed by atoms with Gasteiger partial charge in [-0.15, -0.1) is 0 Å². The number of carbonyl (C=O) groups excluding carboxylic acids is 1. The fraction of sp³-hybridized carbons (Fsp3) is 0.240. The fourth-order valence-corrected chi connectivity index (χ4v) is 3.84. The highest BCUT2D eigenvalue weighted by atomic mass is 19.1. The van der Waals surface area contributed by atoms with E-state index < -0.39 is 0 Å². The molecule has 0 spiro atoms. The summed E-state index contributed by atoms with van der Waals surface area (Å²) in [6.45, 7) is 2.81. The second-order valence-electron chi connectivity index (χ2n) is 7.71. The maximum Gasteiger partial charge on any atom is 0.226 e. The zero-order valence-corrected chi connectivity index (χ0v) is 17.6. The van der Waals surface area contributed by atoms with E-state index >= 15 is 0 Å². The van der Waals surface area contributed by atoms with Gasteiger partial charge in [-0.25, -0.2) is 4.39 Å². The van der Waals surface area contributed by atoms with Crippen molar-refractivity contribution >= 4 is 17.3 Å². The smallest absolute Gasteiger partial charge is 0.226 e. The van der Waals surface area contributed by atoms with Crippen molar-refractivity contribution in [1.82, 2.24) is 5.32 Å². The number of anilines is 2. The van der Waals surface area contributed by atoms with Crippen LogP contribution in [0.25, 0.3) is 0 Å². The van der Waals surface area contributed by atoms with Crippen LogP contribution >= 0.6 is 0 Å². The van der Waals surface area contributed by atoms with Gasteiger partial charge >= 0.3 is 0 Å². The minimum atomic E-state index is -0.369. The summed E-state index contributed by atoms with van der Waals surface area (Å²) in [7, 11) is 0. The Hall–Kier alpha value is -3.58. The van der Waals surface area contributed by atoms with Crippen LogP contribution in [0.2, 0.25) is 0 Å². The summed E-state index contributed by atoms with van der Waals surface area (Å²) in [5.41, 5.74) is 2.77. The molecule has 2 heterocycles. The van der Waals surface area contributed by atoms with Gasteiger partial charge in [0.05, 0.1) is 17.4 Å². The predicted octanol–water partition coefficient (Wildman–Crippen LogP) is 3.92. The molecular formula is C25H26FN3O3. The Balaban J connectivity index is 0.000000300. The van der Waals surface area contributed by atoms with Crippen molar-refractivity contribution < 1.29 is 19.0 Å². The van der Waals surface area contributed by atoms with Crippen LogP contribution in [0.1, 0.15) is 12.0 Å². The zero-order valence-electron chi connectivity index (χ0n) is 17.6. The van der Waals surface area contributed by atoms with Gasteiger partial charge in [0.1, 0.15) is 12.4 Å². The molecule has 1 atom stereocenters. The molecule has 3 N–H and O–H groups in total. The fourth-order valence-electron chi connectivity index (χ4n) is 3.84. The summed E-state index contributed by atoms with van der Waals surface area (Å²) < 4.78 is 19.3. The van der Waals surface area contributed by atoms with Crippen molar-refractivity contribution in [2.24, 2.45) is 0 Å². The van der Waals surface area contributed by atoms with E-state index in [1.807, 2.05) is 24.3 Å². The van der Waals surface area contributed by atoms with Crippen LogP contribution in [-0.2, 0) is 11.4 Å². The monoisotopic (exact) mass is 435 g/mol. The molecule has 3 aromatic carbocycles. The third-order valence-corrected chi connectivity index (χ3v) is 5.40. The molecule has 0 aromatic heterocycles. The number of ether oxygens (including phenoxy) is 1. The van der Waals surface area contributed by atoms with E-state index in [4.69, 9.17) is 9.84 Å². The maximum absolute atomic E-state index is 13.7. The van der Waals surface area contributed by atoms with E-state index in [0.717, 1.165) is 36.6 Å². The van der Waals surface area contributed by atoms with Crippen molar-refractivity contribution in [3.05, 3.63) is 84.2 Å². The molecule has 166 valence electrons. The van der Waals surface area contributed by atoms with Crippen LogP contribution < -0.4 is 20.3 Å². The first-order chi connectivity index (χ1) is 15.6. The Morgan fingerprint density at radius 2 is 1.84 bits per heavy atom. The second-order valence-corrected chi connectivity index (χ2v) is 7.71. The molecule has 1 amide bonds. The first-order valence-electron chi connectivity index (χ1n) is 10.6. The van der Waals surface area contributed by atoms with Crippen molar-refractivity contribution in [2.45, 2.75) is 19.1 Å². The van der Waals surface area contributed by atoms with Crippen LogP contribution in [0.4, 0.5) is 15.8 Å². The number of halogens is 1. The quantitative estimate of drug-likeness (QED) is 0.582. The number of amides is 1. The minimum absolute atomic E-state index is 0.0350. The number of fused-ring (bicyclic) bond motifs is 3. The number of para-hydroxylation sites is 2. The van der Waals surface area contributed by atoms with Crippen molar-refractivity contribution in [3.8, 4) is 11.5 Å². The third kappa shape index (κ3) is 5.36. The molecule has 2 aliphatic heterocycles. The zero-order chi connectivity index (χ0) is 22.3. The number of nitrogens with zero attached hydrogens (tertiary/aromatic N) is 1. The van der Waals surface area contributed by atoms with Gasteiger partial charge in [-0.2, -0.15) is 0 Å². The van der Waals surface area contributed by atoms with Gasteiger partial charge in [-0.3, -0.25) is 4.79 Å². The average molecular weight is 435 g/mol. The number of benzene rings is 3. The van der Waals surface area contributed by atoms with E-state index in [-0.39, 0.29) is 30.1 Å². The SMILES string of the molecule is O=C1CC2CNCCN2c2cc(COc3ccccc3F)ccc2N1.Oc1ccccc1. The Labute approximate surface area is 186 Å². The highest BCUT2D eigenvalue weighted by molar-refractivity contribution is 5.97. The van der Waals surface area contributed by atoms with Gasteiger partial charge in [0, 0.05) is 26.1 Å². The predicted molar refractivity (Wildman–Crippen MR) is 123 cm³/mol. The summed E-state index contributed by atoms with van der Waals surface area (Å²) in [6.07, 6.45) is 0.475. The molecule has 7 heteroatoms. The van der Waals surface area contributed by atoms with Crippen LogP contribution in [0.5, 0.6) is 11.5 Å². The molecule has 6 nitrogen and oxygen atoms in total. The van der Waals surface area contributed by atoms with Crippen LogP contribution in [0.3, 0.4) is 0 Å². The van der Waals surface area contributed by atoms with E-state index in [1.54, 1.807) is 42.5 Å². The minimum Gasteiger partial charge on any atom is -0.508 e. The van der Waals surface area contributed by atoms with Crippen LogP contribution in [-0.4, -0.2) is 36.7 Å². The third-order valence-electron chi connectivity index (χ3n) is 5.40. The Bertz CT molecular complexity index is 1060. The molecule has 5 rings (SSSR count). The van der Waals surface area contributed by atoms with E-state index in [9.17, 15) is 9.18 Å². The van der Waals surface area contributed by atoms with E-state index in [2.05, 4.69) is 15.5 Å². The molecule has 0 radical (unpaired) electrons. The molecule has 32 heavy (non-hydrogen) atoms. The van der Waals surface area contributed by atoms with Gasteiger partial charge < -0.3 is 25.4 Å². The van der Waals surface area contributed by atoms with E-state index in [1.165, 1.54) is 6.07 Å². The number of nitrogens with one attached hydrogen (secondary N) is 2. The number of hydrogen-bond donors (Lipinski definition) is 3. The van der Waals surface area contributed by atoms with Crippen molar-refractivity contribution in [2.75, 3.05) is 29.9 Å². The molecular weight excluding hydrogens is 409 g/mol. The topological polar surface area (TPSA) is 73.8 Å². The van der Waals surface area contributed by atoms with Gasteiger partial charge in [-0.1, -0.05) is 36.4 Å². The normalized spacial score (nSPS) is 17.1. The Kier molecular flexibility index (Phi) is 6.87. The highest BCUT2D eigenvalue weighted by Crippen LogP contribution is 2.33. The largest absolute Gasteiger partial charge is 0.508 e.